The molecule has 0 atom stereocenters. The van der Waals surface area contributed by atoms with Crippen molar-refractivity contribution in [3.05, 3.63) is 52.8 Å². The predicted octanol–water partition coefficient (Wildman–Crippen LogP) is 1.22. The molecule has 0 radical (unpaired) electrons. The molecule has 0 fully saturated rings. The SMILES string of the molecule is Cc1nn(Cc2ccccc2)c(C(=O)O)c1C(=N)N. The Kier molecular flexibility index (Phi) is 3.33. The maximum atomic E-state index is 11.3. The molecule has 2 aromatic rings. The summed E-state index contributed by atoms with van der Waals surface area (Å²) in [5.74, 6) is -1.42. The highest BCUT2D eigenvalue weighted by Gasteiger charge is 2.22. The molecule has 0 aliphatic rings. The van der Waals surface area contributed by atoms with Crippen molar-refractivity contribution in [1.82, 2.24) is 9.78 Å². The minimum absolute atomic E-state index is 0.0474. The van der Waals surface area contributed by atoms with E-state index in [1.54, 1.807) is 6.92 Å². The number of amidine groups is 1. The second-order valence-electron chi connectivity index (χ2n) is 4.17. The highest BCUT2D eigenvalue weighted by Crippen LogP contribution is 2.15. The second kappa shape index (κ2) is 4.93. The molecule has 0 bridgehead atoms. The Morgan fingerprint density at radius 3 is 2.58 bits per heavy atom. The van der Waals surface area contributed by atoms with Gasteiger partial charge in [-0.15, -0.1) is 0 Å². The smallest absolute Gasteiger partial charge is 0.354 e. The molecule has 1 heterocycles. The van der Waals surface area contributed by atoms with E-state index in [2.05, 4.69) is 5.10 Å². The standard InChI is InChI=1S/C13H14N4O2/c1-8-10(12(14)15)11(13(18)19)17(16-8)7-9-5-3-2-4-6-9/h2-6H,7H2,1H3,(H3,14,15)(H,18,19). The number of carboxylic acids is 1. The number of hydrogen-bond donors (Lipinski definition) is 3. The summed E-state index contributed by atoms with van der Waals surface area (Å²) in [5.41, 5.74) is 6.94. The predicted molar refractivity (Wildman–Crippen MR) is 70.5 cm³/mol. The Morgan fingerprint density at radius 2 is 2.05 bits per heavy atom. The lowest BCUT2D eigenvalue weighted by Crippen LogP contribution is -2.19. The minimum Gasteiger partial charge on any atom is -0.477 e. The Hall–Kier alpha value is -2.63. The van der Waals surface area contributed by atoms with Gasteiger partial charge in [0.05, 0.1) is 17.8 Å². The molecule has 0 saturated heterocycles. The summed E-state index contributed by atoms with van der Waals surface area (Å²) in [5, 5.41) is 20.9. The van der Waals surface area contributed by atoms with Crippen LogP contribution in [0.1, 0.15) is 27.3 Å². The van der Waals surface area contributed by atoms with Crippen LogP contribution in [0.3, 0.4) is 0 Å². The first kappa shape index (κ1) is 12.8. The summed E-state index contributed by atoms with van der Waals surface area (Å²) in [4.78, 5) is 11.3. The largest absolute Gasteiger partial charge is 0.477 e. The van der Waals surface area contributed by atoms with Gasteiger partial charge in [0.1, 0.15) is 5.84 Å². The Balaban J connectivity index is 2.49. The number of nitrogens with one attached hydrogen (secondary N) is 1. The quantitative estimate of drug-likeness (QED) is 0.566. The van der Waals surface area contributed by atoms with Gasteiger partial charge in [-0.05, 0) is 12.5 Å². The zero-order valence-electron chi connectivity index (χ0n) is 10.4. The van der Waals surface area contributed by atoms with Crippen molar-refractivity contribution in [3.8, 4) is 0 Å². The van der Waals surface area contributed by atoms with Crippen LogP contribution in [0.25, 0.3) is 0 Å². The highest BCUT2D eigenvalue weighted by molar-refractivity contribution is 6.05. The molecule has 0 amide bonds. The molecular weight excluding hydrogens is 244 g/mol. The minimum atomic E-state index is -1.14. The first-order valence-electron chi connectivity index (χ1n) is 5.69. The molecule has 6 heteroatoms. The first-order chi connectivity index (χ1) is 9.00. The fourth-order valence-corrected chi connectivity index (χ4v) is 1.99. The number of benzene rings is 1. The number of aryl methyl sites for hydroxylation is 1. The van der Waals surface area contributed by atoms with Gasteiger partial charge in [0.2, 0.25) is 0 Å². The van der Waals surface area contributed by atoms with Crippen molar-refractivity contribution in [2.24, 2.45) is 5.73 Å². The number of hydrogen-bond acceptors (Lipinski definition) is 3. The summed E-state index contributed by atoms with van der Waals surface area (Å²) in [6, 6.07) is 9.40. The van der Waals surface area contributed by atoms with Crippen LogP contribution < -0.4 is 5.73 Å². The molecule has 2 rings (SSSR count). The van der Waals surface area contributed by atoms with Crippen molar-refractivity contribution in [2.75, 3.05) is 0 Å². The number of nitrogens with two attached hydrogens (primary N) is 1. The van der Waals surface area contributed by atoms with Gasteiger partial charge in [0.25, 0.3) is 0 Å². The molecule has 0 spiro atoms. The molecule has 6 nitrogen and oxygen atoms in total. The topological polar surface area (TPSA) is 105 Å². The summed E-state index contributed by atoms with van der Waals surface area (Å²) < 4.78 is 1.36. The summed E-state index contributed by atoms with van der Waals surface area (Å²) >= 11 is 0. The average molecular weight is 258 g/mol. The number of rotatable bonds is 4. The van der Waals surface area contributed by atoms with E-state index in [0.29, 0.717) is 12.2 Å². The van der Waals surface area contributed by atoms with Crippen LogP contribution in [-0.2, 0) is 6.54 Å². The molecular formula is C13H14N4O2. The fourth-order valence-electron chi connectivity index (χ4n) is 1.99. The molecule has 4 N–H and O–H groups in total. The maximum Gasteiger partial charge on any atom is 0.354 e. The van der Waals surface area contributed by atoms with E-state index in [4.69, 9.17) is 11.1 Å². The average Bonchev–Trinajstić information content (AvgIpc) is 2.67. The van der Waals surface area contributed by atoms with E-state index in [0.717, 1.165) is 5.56 Å². The fraction of sp³-hybridized carbons (Fsp3) is 0.154. The highest BCUT2D eigenvalue weighted by atomic mass is 16.4. The number of carboxylic acid groups (broad SMARTS) is 1. The maximum absolute atomic E-state index is 11.3. The molecule has 19 heavy (non-hydrogen) atoms. The molecule has 1 aromatic heterocycles. The lowest BCUT2D eigenvalue weighted by atomic mass is 10.1. The molecule has 0 aliphatic carbocycles. The third-order valence-corrected chi connectivity index (χ3v) is 2.77. The molecule has 0 saturated carbocycles. The van der Waals surface area contributed by atoms with Gasteiger partial charge in [-0.2, -0.15) is 5.10 Å². The molecule has 0 aliphatic heterocycles. The first-order valence-corrected chi connectivity index (χ1v) is 5.69. The van der Waals surface area contributed by atoms with Gasteiger partial charge in [-0.25, -0.2) is 4.79 Å². The second-order valence-corrected chi connectivity index (χ2v) is 4.17. The van der Waals surface area contributed by atoms with Crippen LogP contribution in [-0.4, -0.2) is 26.7 Å². The van der Waals surface area contributed by atoms with E-state index < -0.39 is 5.97 Å². The Labute approximate surface area is 110 Å². The van der Waals surface area contributed by atoms with E-state index in [-0.39, 0.29) is 17.1 Å². The van der Waals surface area contributed by atoms with Crippen molar-refractivity contribution < 1.29 is 9.90 Å². The van der Waals surface area contributed by atoms with Gasteiger partial charge in [-0.3, -0.25) is 10.1 Å². The third-order valence-electron chi connectivity index (χ3n) is 2.77. The molecule has 98 valence electrons. The number of carbonyl (C=O) groups is 1. The van der Waals surface area contributed by atoms with E-state index in [1.807, 2.05) is 30.3 Å². The van der Waals surface area contributed by atoms with Crippen molar-refractivity contribution in [1.29, 1.82) is 5.41 Å². The van der Waals surface area contributed by atoms with E-state index in [1.165, 1.54) is 4.68 Å². The zero-order chi connectivity index (χ0) is 14.0. The number of nitrogens with zero attached hydrogens (tertiary/aromatic N) is 2. The van der Waals surface area contributed by atoms with Gasteiger partial charge in [0.15, 0.2) is 5.69 Å². The van der Waals surface area contributed by atoms with Gasteiger partial charge in [-0.1, -0.05) is 30.3 Å². The number of aromatic nitrogens is 2. The molecule has 0 unspecified atom stereocenters. The summed E-state index contributed by atoms with van der Waals surface area (Å²) in [7, 11) is 0. The van der Waals surface area contributed by atoms with Gasteiger partial charge in [0, 0.05) is 0 Å². The lowest BCUT2D eigenvalue weighted by molar-refractivity contribution is 0.0683. The summed E-state index contributed by atoms with van der Waals surface area (Å²) in [6.45, 7) is 1.97. The van der Waals surface area contributed by atoms with Gasteiger partial charge < -0.3 is 10.8 Å². The van der Waals surface area contributed by atoms with Crippen LogP contribution in [0.5, 0.6) is 0 Å². The molecule has 1 aromatic carbocycles. The third kappa shape index (κ3) is 2.47. The van der Waals surface area contributed by atoms with E-state index >= 15 is 0 Å². The van der Waals surface area contributed by atoms with E-state index in [9.17, 15) is 9.90 Å². The van der Waals surface area contributed by atoms with Crippen molar-refractivity contribution in [2.45, 2.75) is 13.5 Å². The van der Waals surface area contributed by atoms with Crippen LogP contribution in [0, 0.1) is 12.3 Å². The monoisotopic (exact) mass is 258 g/mol. The van der Waals surface area contributed by atoms with Crippen LogP contribution in [0.4, 0.5) is 0 Å². The van der Waals surface area contributed by atoms with Crippen molar-refractivity contribution in [3.63, 3.8) is 0 Å². The number of nitrogen functional groups attached to an aromatic ring is 1. The Morgan fingerprint density at radius 1 is 1.42 bits per heavy atom. The van der Waals surface area contributed by atoms with Crippen molar-refractivity contribution >= 4 is 11.8 Å². The van der Waals surface area contributed by atoms with Gasteiger partial charge >= 0.3 is 5.97 Å². The zero-order valence-corrected chi connectivity index (χ0v) is 10.4. The lowest BCUT2D eigenvalue weighted by Gasteiger charge is -2.05. The van der Waals surface area contributed by atoms with Crippen LogP contribution in [0.2, 0.25) is 0 Å². The number of aromatic carboxylic acids is 1. The van der Waals surface area contributed by atoms with Crippen LogP contribution >= 0.6 is 0 Å². The Bertz CT molecular complexity index is 632. The normalized spacial score (nSPS) is 10.4. The van der Waals surface area contributed by atoms with Crippen LogP contribution in [0.15, 0.2) is 30.3 Å². The summed E-state index contributed by atoms with van der Waals surface area (Å²) in [6.07, 6.45) is 0.